The second-order valence-electron chi connectivity index (χ2n) is 3.72. The van der Waals surface area contributed by atoms with Crippen LogP contribution in [-0.2, 0) is 11.2 Å². The summed E-state index contributed by atoms with van der Waals surface area (Å²) in [5, 5.41) is 1.80. The van der Waals surface area contributed by atoms with E-state index in [4.69, 9.17) is 12.2 Å². The van der Waals surface area contributed by atoms with Crippen molar-refractivity contribution in [2.45, 2.75) is 13.3 Å². The zero-order valence-electron chi connectivity index (χ0n) is 9.98. The van der Waals surface area contributed by atoms with Gasteiger partial charge in [0.2, 0.25) is 5.91 Å². The monoisotopic (exact) mass is 313 g/mol. The highest BCUT2D eigenvalue weighted by Gasteiger charge is 2.11. The third-order valence-electron chi connectivity index (χ3n) is 2.31. The van der Waals surface area contributed by atoms with Gasteiger partial charge in [-0.15, -0.1) is 22.7 Å². The zero-order chi connectivity index (χ0) is 13.8. The average Bonchev–Trinajstić information content (AvgIpc) is 2.97. The Bertz CT molecular complexity index is 642. The minimum absolute atomic E-state index is 0.189. The molecule has 0 aliphatic rings. The van der Waals surface area contributed by atoms with Gasteiger partial charge in [-0.1, -0.05) is 6.07 Å². The van der Waals surface area contributed by atoms with E-state index < -0.39 is 0 Å². The lowest BCUT2D eigenvalue weighted by Gasteiger charge is -2.05. The molecule has 0 saturated heterocycles. The van der Waals surface area contributed by atoms with Crippen LogP contribution in [0.2, 0.25) is 0 Å². The summed E-state index contributed by atoms with van der Waals surface area (Å²) in [5.74, 6) is -0.597. The number of aromatic amines is 1. The first-order valence-corrected chi connectivity index (χ1v) is 7.48. The van der Waals surface area contributed by atoms with E-state index in [2.05, 4.69) is 15.8 Å². The molecule has 3 N–H and O–H groups in total. The number of thiophene rings is 1. The molecule has 0 aliphatic heterocycles. The van der Waals surface area contributed by atoms with Gasteiger partial charge in [-0.3, -0.25) is 20.4 Å². The van der Waals surface area contributed by atoms with Crippen molar-refractivity contribution in [3.05, 3.63) is 36.9 Å². The molecule has 0 unspecified atom stereocenters. The van der Waals surface area contributed by atoms with Gasteiger partial charge < -0.3 is 4.98 Å². The Morgan fingerprint density at radius 1 is 1.42 bits per heavy atom. The minimum atomic E-state index is -0.318. The van der Waals surface area contributed by atoms with E-state index in [0.29, 0.717) is 8.83 Å². The number of amides is 2. The summed E-state index contributed by atoms with van der Waals surface area (Å²) in [6, 6.07) is 3.46. The first-order chi connectivity index (χ1) is 9.06. The number of carbonyl (C=O) groups is 2. The van der Waals surface area contributed by atoms with Crippen LogP contribution in [0.5, 0.6) is 0 Å². The number of thiazole rings is 1. The first kappa shape index (κ1) is 13.9. The Labute approximate surface area is 122 Å². The summed E-state index contributed by atoms with van der Waals surface area (Å²) < 4.78 is 0.642. The summed E-state index contributed by atoms with van der Waals surface area (Å²) in [4.78, 5) is 27.7. The minimum Gasteiger partial charge on any atom is -0.341 e. The fourth-order valence-electron chi connectivity index (χ4n) is 1.39. The largest absolute Gasteiger partial charge is 0.341 e. The van der Waals surface area contributed by atoms with E-state index in [1.165, 1.54) is 22.7 Å². The summed E-state index contributed by atoms with van der Waals surface area (Å²) in [7, 11) is 0. The van der Waals surface area contributed by atoms with Crippen molar-refractivity contribution in [1.82, 2.24) is 15.8 Å². The molecule has 2 rings (SSSR count). The van der Waals surface area contributed by atoms with Crippen LogP contribution < -0.4 is 10.9 Å². The molecule has 0 bridgehead atoms. The van der Waals surface area contributed by atoms with E-state index >= 15 is 0 Å². The molecule has 0 radical (unpaired) electrons. The molecule has 8 heteroatoms. The van der Waals surface area contributed by atoms with Crippen LogP contribution in [0.15, 0.2) is 17.5 Å². The standard InChI is InChI=1S/C11H11N3O2S3/c1-6-8(19-11(17)12-6)5-9(15)13-14-10(16)7-3-2-4-18-7/h2-4H,5H2,1H3,(H,12,17)(H,13,15)(H,14,16). The van der Waals surface area contributed by atoms with E-state index in [1.54, 1.807) is 17.5 Å². The molecule has 100 valence electrons. The van der Waals surface area contributed by atoms with Gasteiger partial charge in [-0.05, 0) is 30.6 Å². The summed E-state index contributed by atoms with van der Waals surface area (Å²) in [5.41, 5.74) is 5.64. The van der Waals surface area contributed by atoms with Gasteiger partial charge in [0.1, 0.15) is 0 Å². The molecule has 0 spiro atoms. The Balaban J connectivity index is 1.87. The second kappa shape index (κ2) is 6.09. The third kappa shape index (κ3) is 3.72. The molecule has 0 atom stereocenters. The van der Waals surface area contributed by atoms with Crippen LogP contribution in [0.3, 0.4) is 0 Å². The fourth-order valence-corrected chi connectivity index (χ4v) is 3.30. The lowest BCUT2D eigenvalue weighted by molar-refractivity contribution is -0.121. The maximum atomic E-state index is 11.7. The number of aromatic nitrogens is 1. The number of aryl methyl sites for hydroxylation is 1. The van der Waals surface area contributed by atoms with Crippen LogP contribution in [0.25, 0.3) is 0 Å². The average molecular weight is 313 g/mol. The number of nitrogens with one attached hydrogen (secondary N) is 3. The van der Waals surface area contributed by atoms with Crippen molar-refractivity contribution in [3.63, 3.8) is 0 Å². The molecule has 2 aromatic rings. The maximum absolute atomic E-state index is 11.7. The van der Waals surface area contributed by atoms with E-state index in [9.17, 15) is 9.59 Å². The van der Waals surface area contributed by atoms with Crippen LogP contribution in [0, 0.1) is 10.9 Å². The van der Waals surface area contributed by atoms with E-state index in [1.807, 2.05) is 6.92 Å². The van der Waals surface area contributed by atoms with Crippen molar-refractivity contribution in [3.8, 4) is 0 Å². The molecule has 2 heterocycles. The number of hydrazine groups is 1. The van der Waals surface area contributed by atoms with Crippen LogP contribution >= 0.6 is 34.9 Å². The molecule has 2 amide bonds. The molecule has 0 saturated carbocycles. The predicted molar refractivity (Wildman–Crippen MR) is 77.9 cm³/mol. The molecule has 5 nitrogen and oxygen atoms in total. The molecular formula is C11H11N3O2S3. The topological polar surface area (TPSA) is 74.0 Å². The van der Waals surface area contributed by atoms with Crippen molar-refractivity contribution >= 4 is 46.7 Å². The van der Waals surface area contributed by atoms with Crippen molar-refractivity contribution in [2.24, 2.45) is 0 Å². The second-order valence-corrected chi connectivity index (χ2v) is 6.44. The highest BCUT2D eigenvalue weighted by atomic mass is 32.1. The molecular weight excluding hydrogens is 302 g/mol. The predicted octanol–water partition coefficient (Wildman–Crippen LogP) is 2.18. The Morgan fingerprint density at radius 3 is 2.79 bits per heavy atom. The lowest BCUT2D eigenvalue weighted by Crippen LogP contribution is -2.42. The molecule has 19 heavy (non-hydrogen) atoms. The van der Waals surface area contributed by atoms with Gasteiger partial charge in [-0.2, -0.15) is 0 Å². The Morgan fingerprint density at radius 2 is 2.21 bits per heavy atom. The van der Waals surface area contributed by atoms with Crippen molar-refractivity contribution in [1.29, 1.82) is 0 Å². The normalized spacial score (nSPS) is 10.2. The third-order valence-corrected chi connectivity index (χ3v) is 4.51. The van der Waals surface area contributed by atoms with Gasteiger partial charge >= 0.3 is 0 Å². The van der Waals surface area contributed by atoms with Crippen LogP contribution in [0.4, 0.5) is 0 Å². The van der Waals surface area contributed by atoms with Crippen LogP contribution in [0.1, 0.15) is 20.2 Å². The number of H-pyrrole nitrogens is 1. The molecule has 0 fully saturated rings. The Hall–Kier alpha value is -1.51. The number of hydrogen-bond donors (Lipinski definition) is 3. The number of hydrogen-bond acceptors (Lipinski definition) is 5. The molecule has 0 aliphatic carbocycles. The fraction of sp³-hybridized carbons (Fsp3) is 0.182. The highest BCUT2D eigenvalue weighted by molar-refractivity contribution is 7.73. The number of carbonyl (C=O) groups excluding carboxylic acids is 2. The van der Waals surface area contributed by atoms with Crippen molar-refractivity contribution in [2.75, 3.05) is 0 Å². The summed E-state index contributed by atoms with van der Waals surface area (Å²) in [6.45, 7) is 1.86. The van der Waals surface area contributed by atoms with Gasteiger partial charge in [-0.25, -0.2) is 0 Å². The van der Waals surface area contributed by atoms with Gasteiger partial charge in [0, 0.05) is 10.6 Å². The van der Waals surface area contributed by atoms with Crippen LogP contribution in [-0.4, -0.2) is 16.8 Å². The highest BCUT2D eigenvalue weighted by Crippen LogP contribution is 2.14. The first-order valence-electron chi connectivity index (χ1n) is 5.37. The van der Waals surface area contributed by atoms with Gasteiger partial charge in [0.05, 0.1) is 11.3 Å². The quantitative estimate of drug-likeness (QED) is 0.600. The van der Waals surface area contributed by atoms with Gasteiger partial charge in [0.25, 0.3) is 5.91 Å². The molecule has 2 aromatic heterocycles. The lowest BCUT2D eigenvalue weighted by atomic mass is 10.3. The smallest absolute Gasteiger partial charge is 0.279 e. The molecule has 0 aromatic carbocycles. The van der Waals surface area contributed by atoms with E-state index in [0.717, 1.165) is 10.6 Å². The number of rotatable bonds is 3. The van der Waals surface area contributed by atoms with E-state index in [-0.39, 0.29) is 18.2 Å². The Kier molecular flexibility index (Phi) is 4.46. The SMILES string of the molecule is Cc1[nH]c(=S)sc1CC(=O)NNC(=O)c1cccs1. The summed E-state index contributed by atoms with van der Waals surface area (Å²) in [6.07, 6.45) is 0.189. The summed E-state index contributed by atoms with van der Waals surface area (Å²) >= 11 is 7.67. The zero-order valence-corrected chi connectivity index (χ0v) is 12.4. The van der Waals surface area contributed by atoms with Gasteiger partial charge in [0.15, 0.2) is 3.95 Å². The van der Waals surface area contributed by atoms with Crippen molar-refractivity contribution < 1.29 is 9.59 Å². The maximum Gasteiger partial charge on any atom is 0.279 e.